The first-order chi connectivity index (χ1) is 33.6. The predicted molar refractivity (Wildman–Crippen MR) is 294 cm³/mol. The minimum absolute atomic E-state index is 0.0202. The number of ether oxygens (including phenoxy) is 2. The molecule has 0 atom stereocenters. The number of nitrogens with two attached hydrogens (primary N) is 1. The van der Waals surface area contributed by atoms with Gasteiger partial charge in [0.05, 0.1) is 29.8 Å². The van der Waals surface area contributed by atoms with E-state index in [0.29, 0.717) is 51.5 Å². The minimum Gasteiger partial charge on any atom is -0.444 e. The van der Waals surface area contributed by atoms with E-state index < -0.39 is 66.6 Å². The van der Waals surface area contributed by atoms with Crippen molar-refractivity contribution in [3.8, 4) is 37.0 Å². The molecular weight excluding hydrogens is 1090 g/mol. The fourth-order valence-electron chi connectivity index (χ4n) is 5.83. The summed E-state index contributed by atoms with van der Waals surface area (Å²) in [5.74, 6) is 6.74. The molecule has 3 aliphatic heterocycles. The smallest absolute Gasteiger partial charge is 0.407 e. The van der Waals surface area contributed by atoms with Crippen molar-refractivity contribution in [1.82, 2.24) is 29.5 Å². The minimum atomic E-state index is -3.67. The van der Waals surface area contributed by atoms with Crippen LogP contribution in [0.4, 0.5) is 9.59 Å². The van der Waals surface area contributed by atoms with E-state index >= 15 is 0 Å². The number of nitrogens with one attached hydrogen (secondary N) is 3. The molecule has 2 amide bonds. The highest BCUT2D eigenvalue weighted by atomic mass is 35.7. The topological polar surface area (TPSA) is 336 Å². The van der Waals surface area contributed by atoms with Gasteiger partial charge in [0.15, 0.2) is 0 Å². The van der Waals surface area contributed by atoms with E-state index in [1.54, 1.807) is 20.8 Å². The third kappa shape index (κ3) is 55.2. The molecule has 0 aliphatic carbocycles. The lowest BCUT2D eigenvalue weighted by atomic mass is 10.1. The molecule has 0 bridgehead atoms. The van der Waals surface area contributed by atoms with Gasteiger partial charge in [-0.3, -0.25) is 9.11 Å². The Morgan fingerprint density at radius 1 is 0.622 bits per heavy atom. The van der Waals surface area contributed by atoms with Gasteiger partial charge < -0.3 is 36.1 Å². The summed E-state index contributed by atoms with van der Waals surface area (Å²) >= 11 is 0. The Balaban J connectivity index is -0.000000411. The molecule has 74 heavy (non-hydrogen) atoms. The summed E-state index contributed by atoms with van der Waals surface area (Å²) in [7, 11) is -12.3. The van der Waals surface area contributed by atoms with Crippen LogP contribution in [-0.4, -0.2) is 195 Å². The zero-order chi connectivity index (χ0) is 58.6. The third-order valence-electron chi connectivity index (χ3n) is 9.36. The molecule has 0 aromatic carbocycles. The first-order valence-electron chi connectivity index (χ1n) is 23.8. The Labute approximate surface area is 450 Å². The highest BCUT2D eigenvalue weighted by molar-refractivity contribution is 8.13. The molecule has 3 rings (SSSR count). The van der Waals surface area contributed by atoms with Crippen molar-refractivity contribution in [3.05, 3.63) is 0 Å². The zero-order valence-corrected chi connectivity index (χ0v) is 50.1. The summed E-state index contributed by atoms with van der Waals surface area (Å²) in [5.41, 5.74) is 4.74. The van der Waals surface area contributed by atoms with Gasteiger partial charge in [0.1, 0.15) is 11.2 Å². The number of carbonyl (C=O) groups is 2. The molecule has 436 valence electrons. The molecule has 7 N–H and O–H groups in total. The fraction of sp³-hybridized carbons (Fsp3) is 0.822. The molecule has 0 radical (unpaired) electrons. The highest BCUT2D eigenvalue weighted by Crippen LogP contribution is 2.17. The third-order valence-corrected chi connectivity index (χ3v) is 14.3. The molecule has 29 heteroatoms. The summed E-state index contributed by atoms with van der Waals surface area (Å²) in [6.45, 7) is 24.9. The number of terminal acetylenes is 3. The van der Waals surface area contributed by atoms with E-state index in [1.165, 1.54) is 28.2 Å². The van der Waals surface area contributed by atoms with Crippen molar-refractivity contribution < 1.29 is 70.3 Å². The lowest BCUT2D eigenvalue weighted by Crippen LogP contribution is -2.48. The maximum atomic E-state index is 12.0. The number of nitrogens with zero attached hydrogens (tertiary/aromatic N) is 3. The normalized spacial score (nSPS) is 16.3. The van der Waals surface area contributed by atoms with Crippen molar-refractivity contribution >= 4 is 72.2 Å². The second-order valence-electron chi connectivity index (χ2n) is 18.5. The second kappa shape index (κ2) is 39.4. The van der Waals surface area contributed by atoms with E-state index in [1.807, 2.05) is 20.8 Å². The SMILES string of the molecule is C#CCCS(=O)(=O)Cl.C#CCCS(=O)(=O)N1CCC(N)CC1.C#CCCS(=O)(=O)N1CCC(NC(=O)OC(C)(C)C)CC1.CC(C)(C)OC(=O)NC1CCNCC1.CCN(CC)CC.CS(=O)(=O)O.CS(=O)(=O)O. The molecule has 0 spiro atoms. The van der Waals surface area contributed by atoms with Gasteiger partial charge >= 0.3 is 12.2 Å². The molecule has 3 fully saturated rings. The Morgan fingerprint density at radius 3 is 1.15 bits per heavy atom. The van der Waals surface area contributed by atoms with Gasteiger partial charge in [-0.1, -0.05) is 20.8 Å². The maximum absolute atomic E-state index is 12.0. The number of hydrogen-bond donors (Lipinski definition) is 6. The number of alkyl carbamates (subject to hydrolysis) is 2. The summed E-state index contributed by atoms with van der Waals surface area (Å²) < 4.78 is 132. The summed E-state index contributed by atoms with van der Waals surface area (Å²) in [6, 6.07) is 0.360. The predicted octanol–water partition coefficient (Wildman–Crippen LogP) is 3.29. The van der Waals surface area contributed by atoms with Crippen molar-refractivity contribution in [2.75, 3.05) is 88.7 Å². The number of piperidine rings is 3. The van der Waals surface area contributed by atoms with Crippen molar-refractivity contribution in [3.63, 3.8) is 0 Å². The number of carbonyl (C=O) groups excluding carboxylic acids is 2. The number of amides is 2. The molecular formula is C45H88ClN7O16S5. The van der Waals surface area contributed by atoms with Gasteiger partial charge in [0.25, 0.3) is 20.2 Å². The van der Waals surface area contributed by atoms with Crippen LogP contribution in [0.1, 0.15) is 120 Å². The Kier molecular flexibility index (Phi) is 41.2. The quantitative estimate of drug-likeness (QED) is 0.0875. The largest absolute Gasteiger partial charge is 0.444 e. The highest BCUT2D eigenvalue weighted by Gasteiger charge is 2.30. The molecule has 0 aromatic heterocycles. The Bertz CT molecular complexity index is 2210. The monoisotopic (exact) mass is 1180 g/mol. The fourth-order valence-corrected chi connectivity index (χ4v) is 9.23. The van der Waals surface area contributed by atoms with E-state index in [0.717, 1.165) is 38.8 Å². The van der Waals surface area contributed by atoms with Gasteiger partial charge in [-0.05, 0) is 113 Å². The lowest BCUT2D eigenvalue weighted by molar-refractivity contribution is 0.0480. The average Bonchev–Trinajstić information content (AvgIpc) is 3.24. The average molecular weight is 1180 g/mol. The molecule has 3 saturated heterocycles. The summed E-state index contributed by atoms with van der Waals surface area (Å²) in [4.78, 5) is 25.4. The lowest BCUT2D eigenvalue weighted by Gasteiger charge is -2.32. The summed E-state index contributed by atoms with van der Waals surface area (Å²) in [6.07, 6.45) is 20.9. The maximum Gasteiger partial charge on any atom is 0.407 e. The van der Waals surface area contributed by atoms with Crippen LogP contribution in [-0.2, 0) is 58.8 Å². The van der Waals surface area contributed by atoms with Gasteiger partial charge in [-0.25, -0.2) is 43.5 Å². The van der Waals surface area contributed by atoms with E-state index in [-0.39, 0.29) is 60.7 Å². The Morgan fingerprint density at radius 2 is 0.905 bits per heavy atom. The van der Waals surface area contributed by atoms with Gasteiger partial charge in [0.2, 0.25) is 29.1 Å². The molecule has 3 heterocycles. The number of sulfonamides is 2. The van der Waals surface area contributed by atoms with Crippen LogP contribution in [0.2, 0.25) is 0 Å². The van der Waals surface area contributed by atoms with Crippen LogP contribution < -0.4 is 21.7 Å². The standard InChI is InChI=1S/C14H24N2O4S.C10H20N2O2.C9H16N2O2S.C6H15N.C4H5ClO2S.2CH4O3S/c1-5-6-11-21(18,19)16-9-7-12(8-10-16)15-13(17)20-14(2,3)4;1-10(2,3)14-9(13)12-8-4-6-11-7-5-8;1-2-3-8-14(12,13)11-6-4-9(10)5-7-11;1-4-7(5-2)6-3;1-2-3-4-8(5,6)7;2*1-5(2,3)4/h1,12H,6-11H2,2-4H3,(H,15,17);8,11H,4-7H2,1-3H3,(H,12,13);1,9H,3-8,10H2;4-6H2,1-3H3;1H,3-4H2;2*1H3,(H,2,3,4). The zero-order valence-electron chi connectivity index (χ0n) is 45.3. The van der Waals surface area contributed by atoms with Gasteiger partial charge in [0, 0.05) is 74.2 Å². The number of hydrogen-bond acceptors (Lipinski definition) is 17. The van der Waals surface area contributed by atoms with Crippen LogP contribution in [0, 0.1) is 37.0 Å². The van der Waals surface area contributed by atoms with E-state index in [4.69, 9.17) is 54.3 Å². The number of rotatable bonds is 13. The first kappa shape index (κ1) is 77.5. The molecule has 0 aromatic rings. The molecule has 23 nitrogen and oxygen atoms in total. The van der Waals surface area contributed by atoms with E-state index in [2.05, 4.69) is 59.4 Å². The van der Waals surface area contributed by atoms with Crippen LogP contribution in [0.25, 0.3) is 0 Å². The molecule has 0 unspecified atom stereocenters. The van der Waals surface area contributed by atoms with Gasteiger partial charge in [-0.15, -0.1) is 37.0 Å². The first-order valence-corrected chi connectivity index (χ1v) is 33.2. The Hall–Kier alpha value is -3.02. The van der Waals surface area contributed by atoms with E-state index in [9.17, 15) is 51.7 Å². The summed E-state index contributed by atoms with van der Waals surface area (Å²) in [5, 5.41) is 8.89. The molecule has 3 aliphatic rings. The molecule has 0 saturated carbocycles. The van der Waals surface area contributed by atoms with Crippen molar-refractivity contribution in [2.24, 2.45) is 5.73 Å². The second-order valence-corrected chi connectivity index (χ2v) is 28.6. The van der Waals surface area contributed by atoms with Crippen LogP contribution in [0.15, 0.2) is 0 Å². The van der Waals surface area contributed by atoms with Crippen LogP contribution >= 0.6 is 10.7 Å². The van der Waals surface area contributed by atoms with Gasteiger partial charge in [-0.2, -0.15) is 16.8 Å². The van der Waals surface area contributed by atoms with Crippen molar-refractivity contribution in [1.29, 1.82) is 0 Å². The van der Waals surface area contributed by atoms with Crippen LogP contribution in [0.5, 0.6) is 0 Å². The van der Waals surface area contributed by atoms with Crippen molar-refractivity contribution in [2.45, 2.75) is 149 Å². The number of halogens is 1. The van der Waals surface area contributed by atoms with Crippen LogP contribution in [0.3, 0.4) is 0 Å².